The highest BCUT2D eigenvalue weighted by Crippen LogP contribution is 1.97. The Morgan fingerprint density at radius 2 is 2.40 bits per heavy atom. The van der Waals surface area contributed by atoms with Gasteiger partial charge in [-0.05, 0) is 13.3 Å². The van der Waals surface area contributed by atoms with Crippen LogP contribution in [0.4, 0.5) is 0 Å². The Morgan fingerprint density at radius 1 is 1.60 bits per heavy atom. The van der Waals surface area contributed by atoms with Crippen LogP contribution < -0.4 is 10.6 Å². The summed E-state index contributed by atoms with van der Waals surface area (Å²) in [6, 6.07) is 0.502. The van der Waals surface area contributed by atoms with Gasteiger partial charge in [0, 0.05) is 32.2 Å². The summed E-state index contributed by atoms with van der Waals surface area (Å²) in [6.07, 6.45) is 2.20. The highest BCUT2D eigenvalue weighted by Gasteiger charge is 2.17. The van der Waals surface area contributed by atoms with Gasteiger partial charge in [0.2, 0.25) is 5.91 Å². The first kappa shape index (κ1) is 12.5. The van der Waals surface area contributed by atoms with Crippen molar-refractivity contribution in [1.29, 1.82) is 0 Å². The number of rotatable bonds is 5. The minimum Gasteiger partial charge on any atom is -0.355 e. The molecule has 1 fully saturated rings. The van der Waals surface area contributed by atoms with Crippen molar-refractivity contribution < 1.29 is 4.79 Å². The normalized spacial score (nSPS) is 22.7. The van der Waals surface area contributed by atoms with Crippen LogP contribution in [0, 0.1) is 0 Å². The van der Waals surface area contributed by atoms with E-state index in [0.717, 1.165) is 39.0 Å². The highest BCUT2D eigenvalue weighted by atomic mass is 16.2. The molecule has 1 amide bonds. The quantitative estimate of drug-likeness (QED) is 0.641. The molecule has 1 aliphatic rings. The van der Waals surface area contributed by atoms with E-state index >= 15 is 0 Å². The van der Waals surface area contributed by atoms with Crippen LogP contribution in [0.5, 0.6) is 0 Å². The molecule has 0 spiro atoms. The van der Waals surface area contributed by atoms with E-state index in [0.29, 0.717) is 12.6 Å². The van der Waals surface area contributed by atoms with E-state index < -0.39 is 0 Å². The van der Waals surface area contributed by atoms with Crippen molar-refractivity contribution in [3.8, 4) is 0 Å². The molecule has 0 aromatic rings. The monoisotopic (exact) mass is 213 g/mol. The number of hydrogen-bond donors (Lipinski definition) is 2. The third-order valence-corrected chi connectivity index (χ3v) is 2.67. The molecule has 15 heavy (non-hydrogen) atoms. The number of carbonyl (C=O) groups is 1. The van der Waals surface area contributed by atoms with Crippen LogP contribution >= 0.6 is 0 Å². The van der Waals surface area contributed by atoms with Crippen LogP contribution in [0.1, 0.15) is 26.7 Å². The lowest BCUT2D eigenvalue weighted by atomic mass is 10.2. The Labute approximate surface area is 92.4 Å². The fourth-order valence-electron chi connectivity index (χ4n) is 1.82. The largest absolute Gasteiger partial charge is 0.355 e. The molecule has 1 unspecified atom stereocenters. The molecule has 1 atom stereocenters. The lowest BCUT2D eigenvalue weighted by molar-refractivity contribution is -0.122. The van der Waals surface area contributed by atoms with E-state index in [4.69, 9.17) is 0 Å². The van der Waals surface area contributed by atoms with Gasteiger partial charge in [-0.1, -0.05) is 13.3 Å². The molecule has 0 aromatic carbocycles. The minimum atomic E-state index is 0.164. The van der Waals surface area contributed by atoms with Crippen LogP contribution in [-0.4, -0.2) is 49.6 Å². The zero-order chi connectivity index (χ0) is 11.1. The van der Waals surface area contributed by atoms with E-state index in [1.807, 2.05) is 0 Å². The number of nitrogens with one attached hydrogen (secondary N) is 2. The Morgan fingerprint density at radius 3 is 3.07 bits per heavy atom. The molecule has 88 valence electrons. The minimum absolute atomic E-state index is 0.164. The van der Waals surface area contributed by atoms with E-state index in [9.17, 15) is 4.79 Å². The second kappa shape index (κ2) is 6.80. The topological polar surface area (TPSA) is 44.4 Å². The van der Waals surface area contributed by atoms with Gasteiger partial charge in [0.25, 0.3) is 0 Å². The van der Waals surface area contributed by atoms with Crippen molar-refractivity contribution in [2.24, 2.45) is 0 Å². The first-order valence-electron chi connectivity index (χ1n) is 5.94. The van der Waals surface area contributed by atoms with Crippen molar-refractivity contribution in [3.63, 3.8) is 0 Å². The molecule has 2 N–H and O–H groups in total. The van der Waals surface area contributed by atoms with Gasteiger partial charge in [0.05, 0.1) is 6.54 Å². The Kier molecular flexibility index (Phi) is 5.65. The molecule has 0 saturated carbocycles. The fourth-order valence-corrected chi connectivity index (χ4v) is 1.82. The lowest BCUT2D eigenvalue weighted by Crippen LogP contribution is -2.51. The summed E-state index contributed by atoms with van der Waals surface area (Å²) < 4.78 is 0. The maximum atomic E-state index is 11.5. The van der Waals surface area contributed by atoms with Crippen molar-refractivity contribution in [1.82, 2.24) is 15.5 Å². The third kappa shape index (κ3) is 5.14. The van der Waals surface area contributed by atoms with Crippen LogP contribution in [0.25, 0.3) is 0 Å². The third-order valence-electron chi connectivity index (χ3n) is 2.67. The summed E-state index contributed by atoms with van der Waals surface area (Å²) in [5, 5.41) is 6.31. The number of carbonyl (C=O) groups excluding carboxylic acids is 1. The zero-order valence-electron chi connectivity index (χ0n) is 9.88. The van der Waals surface area contributed by atoms with E-state index in [-0.39, 0.29) is 5.91 Å². The van der Waals surface area contributed by atoms with E-state index in [1.54, 1.807) is 0 Å². The zero-order valence-corrected chi connectivity index (χ0v) is 9.88. The number of piperazine rings is 1. The van der Waals surface area contributed by atoms with Gasteiger partial charge in [0.1, 0.15) is 0 Å². The van der Waals surface area contributed by atoms with Gasteiger partial charge in [-0.2, -0.15) is 0 Å². The fraction of sp³-hybridized carbons (Fsp3) is 0.909. The molecule has 0 aliphatic carbocycles. The molecule has 1 heterocycles. The predicted molar refractivity (Wildman–Crippen MR) is 61.8 cm³/mol. The Hall–Kier alpha value is -0.610. The standard InChI is InChI=1S/C11H23N3O/c1-3-4-5-13-11(15)9-14-7-6-12-10(2)8-14/h10,12H,3-9H2,1-2H3,(H,13,15). The predicted octanol–water partition coefficient (Wildman–Crippen LogP) is 0.196. The SMILES string of the molecule is CCCCNC(=O)CN1CCNC(C)C1. The highest BCUT2D eigenvalue weighted by molar-refractivity contribution is 5.77. The van der Waals surface area contributed by atoms with Gasteiger partial charge in [-0.15, -0.1) is 0 Å². The summed E-state index contributed by atoms with van der Waals surface area (Å²) in [5.41, 5.74) is 0. The van der Waals surface area contributed by atoms with Gasteiger partial charge in [-0.25, -0.2) is 0 Å². The summed E-state index contributed by atoms with van der Waals surface area (Å²) in [6.45, 7) is 8.59. The summed E-state index contributed by atoms with van der Waals surface area (Å²) >= 11 is 0. The smallest absolute Gasteiger partial charge is 0.234 e. The van der Waals surface area contributed by atoms with Gasteiger partial charge >= 0.3 is 0 Å². The molecule has 0 aromatic heterocycles. The maximum absolute atomic E-state index is 11.5. The number of hydrogen-bond acceptors (Lipinski definition) is 3. The summed E-state index contributed by atoms with van der Waals surface area (Å²) in [4.78, 5) is 13.7. The van der Waals surface area contributed by atoms with Crippen molar-refractivity contribution >= 4 is 5.91 Å². The molecule has 0 bridgehead atoms. The molecular formula is C11H23N3O. The van der Waals surface area contributed by atoms with Gasteiger partial charge in [-0.3, -0.25) is 9.69 Å². The lowest BCUT2D eigenvalue weighted by Gasteiger charge is -2.31. The first-order chi connectivity index (χ1) is 7.22. The van der Waals surface area contributed by atoms with Crippen molar-refractivity contribution in [3.05, 3.63) is 0 Å². The molecule has 0 radical (unpaired) electrons. The van der Waals surface area contributed by atoms with Gasteiger partial charge < -0.3 is 10.6 Å². The molecule has 1 rings (SSSR count). The van der Waals surface area contributed by atoms with Crippen LogP contribution in [-0.2, 0) is 4.79 Å². The first-order valence-corrected chi connectivity index (χ1v) is 5.94. The second-order valence-corrected chi connectivity index (χ2v) is 4.29. The average Bonchev–Trinajstić information content (AvgIpc) is 2.18. The summed E-state index contributed by atoms with van der Waals surface area (Å²) in [7, 11) is 0. The molecule has 4 nitrogen and oxygen atoms in total. The van der Waals surface area contributed by atoms with E-state index in [1.165, 1.54) is 0 Å². The van der Waals surface area contributed by atoms with Crippen LogP contribution in [0.2, 0.25) is 0 Å². The van der Waals surface area contributed by atoms with Crippen molar-refractivity contribution in [2.45, 2.75) is 32.7 Å². The van der Waals surface area contributed by atoms with Crippen LogP contribution in [0.3, 0.4) is 0 Å². The molecule has 4 heteroatoms. The van der Waals surface area contributed by atoms with Crippen LogP contribution in [0.15, 0.2) is 0 Å². The molecule has 1 aliphatic heterocycles. The molecular weight excluding hydrogens is 190 g/mol. The Balaban J connectivity index is 2.13. The average molecular weight is 213 g/mol. The van der Waals surface area contributed by atoms with Gasteiger partial charge in [0.15, 0.2) is 0 Å². The number of nitrogens with zero attached hydrogens (tertiary/aromatic N) is 1. The number of amides is 1. The second-order valence-electron chi connectivity index (χ2n) is 4.29. The number of unbranched alkanes of at least 4 members (excludes halogenated alkanes) is 1. The van der Waals surface area contributed by atoms with Crippen molar-refractivity contribution in [2.75, 3.05) is 32.7 Å². The molecule has 1 saturated heterocycles. The van der Waals surface area contributed by atoms with E-state index in [2.05, 4.69) is 29.4 Å². The Bertz CT molecular complexity index is 196. The maximum Gasteiger partial charge on any atom is 0.234 e. The summed E-state index contributed by atoms with van der Waals surface area (Å²) in [5.74, 6) is 0.164.